The van der Waals surface area contributed by atoms with Crippen LogP contribution < -0.4 is 10.6 Å². The number of carbonyl (C=O) groups excluding carboxylic acids is 1. The predicted octanol–water partition coefficient (Wildman–Crippen LogP) is 1.23. The van der Waals surface area contributed by atoms with Crippen LogP contribution in [0.2, 0.25) is 0 Å². The summed E-state index contributed by atoms with van der Waals surface area (Å²) in [6.45, 7) is 8.31. The highest BCUT2D eigenvalue weighted by Crippen LogP contribution is 2.08. The number of amides is 1. The maximum Gasteiger partial charge on any atom is 0.237 e. The Bertz CT molecular complexity index is 246. The Hall–Kier alpha value is -0.870. The van der Waals surface area contributed by atoms with E-state index in [-0.39, 0.29) is 11.9 Å². The van der Waals surface area contributed by atoms with Crippen molar-refractivity contribution >= 4 is 5.91 Å². The van der Waals surface area contributed by atoms with Crippen molar-refractivity contribution in [2.45, 2.75) is 38.6 Å². The highest BCUT2D eigenvalue weighted by Gasteiger charge is 2.18. The topological polar surface area (TPSA) is 50.4 Å². The molecule has 1 amide bonds. The van der Waals surface area contributed by atoms with Crippen molar-refractivity contribution in [1.82, 2.24) is 10.6 Å². The standard InChI is InChI=1S/C13H24N2O2/c1-11(2)10-17-9-8-15-13(16)12-6-4-3-5-7-14-12/h12,14H,1,3-10H2,2H3,(H,15,16). The van der Waals surface area contributed by atoms with E-state index < -0.39 is 0 Å². The molecule has 98 valence electrons. The molecular weight excluding hydrogens is 216 g/mol. The van der Waals surface area contributed by atoms with Gasteiger partial charge in [-0.2, -0.15) is 0 Å². The van der Waals surface area contributed by atoms with Crippen molar-refractivity contribution in [2.24, 2.45) is 0 Å². The van der Waals surface area contributed by atoms with Crippen LogP contribution in [0.3, 0.4) is 0 Å². The van der Waals surface area contributed by atoms with Crippen molar-refractivity contribution in [3.8, 4) is 0 Å². The monoisotopic (exact) mass is 240 g/mol. The van der Waals surface area contributed by atoms with Crippen molar-refractivity contribution in [2.75, 3.05) is 26.3 Å². The minimum absolute atomic E-state index is 0.0151. The smallest absolute Gasteiger partial charge is 0.237 e. The second-order valence-electron chi connectivity index (χ2n) is 4.66. The lowest BCUT2D eigenvalue weighted by Gasteiger charge is -2.15. The third-order valence-corrected chi connectivity index (χ3v) is 2.77. The molecule has 1 aliphatic rings. The number of nitrogens with one attached hydrogen (secondary N) is 2. The maximum atomic E-state index is 11.8. The Kier molecular flexibility index (Phi) is 6.89. The van der Waals surface area contributed by atoms with E-state index in [0.717, 1.165) is 25.0 Å². The molecule has 0 radical (unpaired) electrons. The summed E-state index contributed by atoms with van der Waals surface area (Å²) < 4.78 is 5.32. The van der Waals surface area contributed by atoms with E-state index in [2.05, 4.69) is 17.2 Å². The second-order valence-corrected chi connectivity index (χ2v) is 4.66. The molecule has 0 saturated carbocycles. The first-order valence-corrected chi connectivity index (χ1v) is 6.43. The number of hydrogen-bond donors (Lipinski definition) is 2. The highest BCUT2D eigenvalue weighted by atomic mass is 16.5. The molecule has 0 spiro atoms. The molecule has 4 heteroatoms. The van der Waals surface area contributed by atoms with Crippen molar-refractivity contribution in [3.05, 3.63) is 12.2 Å². The average molecular weight is 240 g/mol. The molecule has 1 aliphatic heterocycles. The number of hydrogen-bond acceptors (Lipinski definition) is 3. The number of rotatable bonds is 6. The van der Waals surface area contributed by atoms with Crippen molar-refractivity contribution < 1.29 is 9.53 Å². The van der Waals surface area contributed by atoms with Gasteiger partial charge in [0, 0.05) is 6.54 Å². The lowest BCUT2D eigenvalue weighted by atomic mass is 10.1. The molecule has 1 atom stereocenters. The van der Waals surface area contributed by atoms with Crippen LogP contribution in [0.1, 0.15) is 32.6 Å². The molecule has 1 unspecified atom stereocenters. The summed E-state index contributed by atoms with van der Waals surface area (Å²) in [4.78, 5) is 11.8. The van der Waals surface area contributed by atoms with Gasteiger partial charge in [0.05, 0.1) is 19.3 Å². The molecule has 0 aromatic heterocycles. The Morgan fingerprint density at radius 2 is 2.29 bits per heavy atom. The van der Waals surface area contributed by atoms with Crippen LogP contribution in [0.25, 0.3) is 0 Å². The Balaban J connectivity index is 2.09. The molecule has 0 bridgehead atoms. The SMILES string of the molecule is C=C(C)COCCNC(=O)C1CCCCCN1. The zero-order valence-electron chi connectivity index (χ0n) is 10.8. The molecule has 1 saturated heterocycles. The zero-order chi connectivity index (χ0) is 12.5. The van der Waals surface area contributed by atoms with Gasteiger partial charge in [-0.25, -0.2) is 0 Å². The summed E-state index contributed by atoms with van der Waals surface area (Å²) in [6, 6.07) is -0.0151. The van der Waals surface area contributed by atoms with Gasteiger partial charge >= 0.3 is 0 Å². The quantitative estimate of drug-likeness (QED) is 0.542. The van der Waals surface area contributed by atoms with Crippen LogP contribution in [0.5, 0.6) is 0 Å². The van der Waals surface area contributed by atoms with E-state index in [9.17, 15) is 4.79 Å². The summed E-state index contributed by atoms with van der Waals surface area (Å²) in [6.07, 6.45) is 4.47. The number of carbonyl (C=O) groups is 1. The van der Waals surface area contributed by atoms with Crippen LogP contribution >= 0.6 is 0 Å². The molecule has 0 aliphatic carbocycles. The van der Waals surface area contributed by atoms with Crippen LogP contribution in [0.4, 0.5) is 0 Å². The lowest BCUT2D eigenvalue weighted by molar-refractivity contribution is -0.123. The lowest BCUT2D eigenvalue weighted by Crippen LogP contribution is -2.44. The van der Waals surface area contributed by atoms with Gasteiger partial charge in [-0.05, 0) is 26.3 Å². The predicted molar refractivity (Wildman–Crippen MR) is 68.9 cm³/mol. The van der Waals surface area contributed by atoms with E-state index in [0.29, 0.717) is 19.8 Å². The molecular formula is C13H24N2O2. The van der Waals surface area contributed by atoms with Gasteiger partial charge in [-0.15, -0.1) is 0 Å². The Morgan fingerprint density at radius 3 is 3.06 bits per heavy atom. The fourth-order valence-electron chi connectivity index (χ4n) is 1.87. The summed E-state index contributed by atoms with van der Waals surface area (Å²) in [5.74, 6) is 0.103. The Labute approximate surface area is 104 Å². The fraction of sp³-hybridized carbons (Fsp3) is 0.769. The molecule has 0 aromatic rings. The first-order chi connectivity index (χ1) is 8.20. The summed E-state index contributed by atoms with van der Waals surface area (Å²) in [7, 11) is 0. The van der Waals surface area contributed by atoms with Crippen LogP contribution in [-0.2, 0) is 9.53 Å². The third-order valence-electron chi connectivity index (χ3n) is 2.77. The zero-order valence-corrected chi connectivity index (χ0v) is 10.8. The summed E-state index contributed by atoms with van der Waals surface area (Å²) in [5.41, 5.74) is 1.00. The van der Waals surface area contributed by atoms with E-state index >= 15 is 0 Å². The van der Waals surface area contributed by atoms with E-state index in [1.54, 1.807) is 0 Å². The van der Waals surface area contributed by atoms with E-state index in [4.69, 9.17) is 4.74 Å². The van der Waals surface area contributed by atoms with Gasteiger partial charge in [0.2, 0.25) is 5.91 Å². The van der Waals surface area contributed by atoms with E-state index in [1.807, 2.05) is 6.92 Å². The van der Waals surface area contributed by atoms with Gasteiger partial charge in [0.1, 0.15) is 0 Å². The first-order valence-electron chi connectivity index (χ1n) is 6.43. The average Bonchev–Trinajstić information content (AvgIpc) is 2.56. The minimum atomic E-state index is -0.0151. The molecule has 1 fully saturated rings. The largest absolute Gasteiger partial charge is 0.375 e. The maximum absolute atomic E-state index is 11.8. The Morgan fingerprint density at radius 1 is 1.47 bits per heavy atom. The van der Waals surface area contributed by atoms with Crippen LogP contribution in [0.15, 0.2) is 12.2 Å². The van der Waals surface area contributed by atoms with Gasteiger partial charge < -0.3 is 15.4 Å². The molecule has 1 heterocycles. The normalized spacial score (nSPS) is 20.6. The first kappa shape index (κ1) is 14.2. The molecule has 2 N–H and O–H groups in total. The molecule has 0 aromatic carbocycles. The van der Waals surface area contributed by atoms with Crippen LogP contribution in [-0.4, -0.2) is 38.3 Å². The van der Waals surface area contributed by atoms with Crippen LogP contribution in [0, 0.1) is 0 Å². The molecule has 4 nitrogen and oxygen atoms in total. The number of ether oxygens (including phenoxy) is 1. The second kappa shape index (κ2) is 8.25. The van der Waals surface area contributed by atoms with Gasteiger partial charge in [0.15, 0.2) is 0 Å². The third kappa shape index (κ3) is 6.44. The minimum Gasteiger partial charge on any atom is -0.375 e. The van der Waals surface area contributed by atoms with E-state index in [1.165, 1.54) is 12.8 Å². The summed E-state index contributed by atoms with van der Waals surface area (Å²) >= 11 is 0. The van der Waals surface area contributed by atoms with Gasteiger partial charge in [0.25, 0.3) is 0 Å². The molecule has 1 rings (SSSR count). The fourth-order valence-corrected chi connectivity index (χ4v) is 1.87. The summed E-state index contributed by atoms with van der Waals surface area (Å²) in [5, 5.41) is 6.17. The van der Waals surface area contributed by atoms with Crippen molar-refractivity contribution in [1.29, 1.82) is 0 Å². The highest BCUT2D eigenvalue weighted by molar-refractivity contribution is 5.81. The van der Waals surface area contributed by atoms with Gasteiger partial charge in [-0.1, -0.05) is 25.0 Å². The van der Waals surface area contributed by atoms with Crippen molar-refractivity contribution in [3.63, 3.8) is 0 Å². The molecule has 17 heavy (non-hydrogen) atoms. The van der Waals surface area contributed by atoms with Gasteiger partial charge in [-0.3, -0.25) is 4.79 Å².